The number of carbonyl (C=O) groups excluding carboxylic acids is 7. The van der Waals surface area contributed by atoms with E-state index in [0.717, 1.165) is 22.0 Å². The number of aromatic nitrogens is 2. The normalized spacial score (nSPS) is 21.2. The van der Waals surface area contributed by atoms with Crippen molar-refractivity contribution < 1.29 is 53.2 Å². The van der Waals surface area contributed by atoms with Gasteiger partial charge in [0.2, 0.25) is 23.6 Å². The van der Waals surface area contributed by atoms with Gasteiger partial charge in [-0.3, -0.25) is 38.7 Å². The van der Waals surface area contributed by atoms with Crippen LogP contribution in [0.1, 0.15) is 39.7 Å². The van der Waals surface area contributed by atoms with Crippen LogP contribution in [0.2, 0.25) is 0 Å². The number of aliphatic hydroxyl groups excluding tert-OH is 2. The number of hydrogen-bond donors (Lipinski definition) is 8. The first kappa shape index (κ1) is 43.7. The van der Waals surface area contributed by atoms with Gasteiger partial charge in [-0.05, 0) is 49.6 Å². The zero-order valence-electron chi connectivity index (χ0n) is 33.1. The van der Waals surface area contributed by atoms with Crippen molar-refractivity contribution in [2.45, 2.75) is 83.4 Å². The van der Waals surface area contributed by atoms with Crippen LogP contribution in [0.25, 0.3) is 11.0 Å². The number of nitrogens with zero attached hydrogens (tertiary/aromatic N) is 3. The summed E-state index contributed by atoms with van der Waals surface area (Å²) in [6, 6.07) is 6.88. The number of amides is 7. The van der Waals surface area contributed by atoms with E-state index < -0.39 is 90.7 Å². The zero-order valence-corrected chi connectivity index (χ0v) is 33.1. The number of carbonyl (C=O) groups is 7. The Morgan fingerprint density at radius 2 is 1.64 bits per heavy atom. The SMILES string of the molecule is CC(C)[C@H](NC(=O)CCN1C(=O)C=CC1=O)C(=O)N[C@@H](C)C(=O)Nc1ccc(COC(=O)N(C)CC(=O)N[C@@H]2[C@@H](O)[C@@H](O)[C@@H](Nc3ccnc4cc[nH]c34)O[C@H]2C)cc1. The van der Waals surface area contributed by atoms with E-state index in [9.17, 15) is 43.8 Å². The third-order valence-corrected chi connectivity index (χ3v) is 9.73. The average Bonchev–Trinajstić information content (AvgIpc) is 3.81. The molecule has 59 heavy (non-hydrogen) atoms. The fourth-order valence-corrected chi connectivity index (χ4v) is 6.34. The summed E-state index contributed by atoms with van der Waals surface area (Å²) >= 11 is 0. The zero-order chi connectivity index (χ0) is 43.0. The topological polar surface area (TPSA) is 274 Å². The number of aliphatic hydroxyl groups is 2. The monoisotopic (exact) mass is 819 g/mol. The predicted molar refractivity (Wildman–Crippen MR) is 211 cm³/mol. The minimum atomic E-state index is -1.41. The molecule has 3 aromatic rings. The van der Waals surface area contributed by atoms with Crippen molar-refractivity contribution in [1.82, 2.24) is 35.7 Å². The third-order valence-electron chi connectivity index (χ3n) is 9.73. The second-order valence-corrected chi connectivity index (χ2v) is 14.6. The first-order valence-corrected chi connectivity index (χ1v) is 18.9. The molecule has 2 aliphatic rings. The Labute approximate surface area is 339 Å². The average molecular weight is 820 g/mol. The van der Waals surface area contributed by atoms with E-state index in [-0.39, 0.29) is 25.5 Å². The van der Waals surface area contributed by atoms with Crippen molar-refractivity contribution in [2.75, 3.05) is 30.8 Å². The third kappa shape index (κ3) is 11.2. The van der Waals surface area contributed by atoms with Crippen LogP contribution in [-0.2, 0) is 44.8 Å². The number of aromatic amines is 1. The molecule has 1 aromatic carbocycles. The van der Waals surface area contributed by atoms with Crippen LogP contribution in [0.4, 0.5) is 16.2 Å². The molecule has 5 rings (SSSR count). The molecule has 0 radical (unpaired) electrons. The standard InChI is InChI=1S/C39H49N9O11/c1-20(2)31(45-27(49)14-17-48-29(51)10-11-30(48)52)37(56)42-21(3)36(55)43-24-8-6-23(7-9-24)19-58-39(57)47(5)18-28(50)46-32-22(4)59-38(35(54)34(32)53)44-26-13-15-40-25-12-16-41-33(25)26/h6-13,15-16,20-22,31-32,34-35,38,41,53-54H,14,17-19H2,1-5H3,(H,40,44)(H,42,56)(H,43,55)(H,45,49)(H,46,50)/t21-,22-,31-,32-,34+,35+,38-/m0/s1. The van der Waals surface area contributed by atoms with E-state index in [1.807, 2.05) is 0 Å². The number of ether oxygens (including phenoxy) is 2. The quantitative estimate of drug-likeness (QED) is 0.0892. The summed E-state index contributed by atoms with van der Waals surface area (Å²) < 4.78 is 11.3. The number of nitrogens with one attached hydrogen (secondary N) is 6. The van der Waals surface area contributed by atoms with Crippen LogP contribution in [0, 0.1) is 5.92 Å². The molecule has 1 saturated heterocycles. The minimum absolute atomic E-state index is 0.138. The number of anilines is 2. The number of pyridine rings is 1. The summed E-state index contributed by atoms with van der Waals surface area (Å²) in [7, 11) is 1.36. The van der Waals surface area contributed by atoms with Gasteiger partial charge in [0, 0.05) is 50.2 Å². The second-order valence-electron chi connectivity index (χ2n) is 14.6. The maximum Gasteiger partial charge on any atom is 0.410 e. The van der Waals surface area contributed by atoms with Crippen molar-refractivity contribution in [2.24, 2.45) is 5.92 Å². The Morgan fingerprint density at radius 1 is 0.949 bits per heavy atom. The summed E-state index contributed by atoms with van der Waals surface area (Å²) in [6.45, 7) is 5.83. The molecule has 20 heteroatoms. The lowest BCUT2D eigenvalue weighted by Gasteiger charge is -2.42. The molecule has 7 amide bonds. The smallest absolute Gasteiger partial charge is 0.410 e. The van der Waals surface area contributed by atoms with Crippen LogP contribution >= 0.6 is 0 Å². The molecule has 0 spiro atoms. The summed E-state index contributed by atoms with van der Waals surface area (Å²) in [5, 5.41) is 35.3. The molecule has 8 N–H and O–H groups in total. The van der Waals surface area contributed by atoms with Gasteiger partial charge >= 0.3 is 6.09 Å². The Hall–Kier alpha value is -6.38. The molecule has 0 aliphatic carbocycles. The fourth-order valence-electron chi connectivity index (χ4n) is 6.34. The molecule has 2 aromatic heterocycles. The molecule has 20 nitrogen and oxygen atoms in total. The molecule has 316 valence electrons. The van der Waals surface area contributed by atoms with Gasteiger partial charge in [-0.25, -0.2) is 4.79 Å². The van der Waals surface area contributed by atoms with Crippen molar-refractivity contribution in [3.63, 3.8) is 0 Å². The van der Waals surface area contributed by atoms with E-state index in [1.165, 1.54) is 14.0 Å². The van der Waals surface area contributed by atoms with Gasteiger partial charge in [-0.1, -0.05) is 26.0 Å². The van der Waals surface area contributed by atoms with E-state index in [4.69, 9.17) is 9.47 Å². The van der Waals surface area contributed by atoms with E-state index in [2.05, 4.69) is 36.6 Å². The van der Waals surface area contributed by atoms with Gasteiger partial charge < -0.3 is 56.2 Å². The molecular formula is C39H49N9O11. The first-order valence-electron chi connectivity index (χ1n) is 18.9. The molecule has 7 atom stereocenters. The maximum atomic E-state index is 13.0. The van der Waals surface area contributed by atoms with Gasteiger partial charge in [-0.2, -0.15) is 0 Å². The van der Waals surface area contributed by atoms with E-state index >= 15 is 0 Å². The highest BCUT2D eigenvalue weighted by molar-refractivity contribution is 6.13. The Balaban J connectivity index is 1.02. The van der Waals surface area contributed by atoms with Crippen molar-refractivity contribution in [1.29, 1.82) is 0 Å². The molecule has 1 fully saturated rings. The lowest BCUT2D eigenvalue weighted by Crippen LogP contribution is -2.64. The number of likely N-dealkylation sites (N-methyl/N-ethyl adjacent to an activating group) is 1. The van der Waals surface area contributed by atoms with Gasteiger partial charge in [0.15, 0.2) is 6.23 Å². The lowest BCUT2D eigenvalue weighted by molar-refractivity contribution is -0.172. The van der Waals surface area contributed by atoms with Crippen molar-refractivity contribution >= 4 is 63.9 Å². The van der Waals surface area contributed by atoms with Gasteiger partial charge in [0.1, 0.15) is 37.4 Å². The van der Waals surface area contributed by atoms with Crippen LogP contribution in [0.5, 0.6) is 0 Å². The van der Waals surface area contributed by atoms with Crippen LogP contribution in [-0.4, -0.2) is 134 Å². The van der Waals surface area contributed by atoms with Crippen molar-refractivity contribution in [3.8, 4) is 0 Å². The lowest BCUT2D eigenvalue weighted by atomic mass is 9.96. The molecule has 4 heterocycles. The first-order chi connectivity index (χ1) is 28.0. The summed E-state index contributed by atoms with van der Waals surface area (Å²) in [6.07, 6.45) is 0.0127. The van der Waals surface area contributed by atoms with Crippen molar-refractivity contribution in [3.05, 3.63) is 66.5 Å². The highest BCUT2D eigenvalue weighted by atomic mass is 16.6. The molecule has 0 bridgehead atoms. The number of fused-ring (bicyclic) bond motifs is 1. The predicted octanol–water partition coefficient (Wildman–Crippen LogP) is 0.0939. The van der Waals surface area contributed by atoms with E-state index in [0.29, 0.717) is 28.0 Å². The Morgan fingerprint density at radius 3 is 2.32 bits per heavy atom. The Bertz CT molecular complexity index is 2050. The molecule has 2 aliphatic heterocycles. The van der Waals surface area contributed by atoms with Gasteiger partial charge in [0.25, 0.3) is 11.8 Å². The minimum Gasteiger partial charge on any atom is -0.445 e. The number of rotatable bonds is 16. The molecule has 0 unspecified atom stereocenters. The molecule has 0 saturated carbocycles. The van der Waals surface area contributed by atoms with E-state index in [1.54, 1.807) is 69.6 Å². The van der Waals surface area contributed by atoms with Crippen LogP contribution in [0.3, 0.4) is 0 Å². The number of benzene rings is 1. The highest BCUT2D eigenvalue weighted by Crippen LogP contribution is 2.26. The number of imide groups is 1. The highest BCUT2D eigenvalue weighted by Gasteiger charge is 2.43. The largest absolute Gasteiger partial charge is 0.445 e. The molecular weight excluding hydrogens is 770 g/mol. The fraction of sp³-hybridized carbons (Fsp3) is 0.436. The van der Waals surface area contributed by atoms with Gasteiger partial charge in [-0.15, -0.1) is 0 Å². The number of hydrogen-bond acceptors (Lipinski definition) is 13. The van der Waals surface area contributed by atoms with Crippen LogP contribution < -0.4 is 26.6 Å². The summed E-state index contributed by atoms with van der Waals surface area (Å²) in [4.78, 5) is 96.8. The summed E-state index contributed by atoms with van der Waals surface area (Å²) in [5.41, 5.74) is 2.96. The second kappa shape index (κ2) is 19.4. The van der Waals surface area contributed by atoms with Gasteiger partial charge in [0.05, 0.1) is 28.9 Å². The van der Waals surface area contributed by atoms with Crippen LogP contribution in [0.15, 0.2) is 60.9 Å². The Kier molecular flexibility index (Phi) is 14.4. The maximum absolute atomic E-state index is 13.0. The summed E-state index contributed by atoms with van der Waals surface area (Å²) in [5.74, 6) is -3.68. The number of H-pyrrole nitrogens is 1.